The van der Waals surface area contributed by atoms with E-state index in [9.17, 15) is 5.11 Å². The lowest BCUT2D eigenvalue weighted by atomic mass is 9.91. The van der Waals surface area contributed by atoms with Crippen LogP contribution in [0.5, 0.6) is 5.75 Å². The van der Waals surface area contributed by atoms with Crippen LogP contribution in [0.3, 0.4) is 0 Å². The predicted octanol–water partition coefficient (Wildman–Crippen LogP) is 5.11. The molecule has 2 atom stereocenters. The van der Waals surface area contributed by atoms with Crippen LogP contribution in [0, 0.1) is 11.8 Å². The summed E-state index contributed by atoms with van der Waals surface area (Å²) < 4.78 is 5.55. The molecule has 21 heavy (non-hydrogen) atoms. The van der Waals surface area contributed by atoms with E-state index in [2.05, 4.69) is 39.8 Å². The summed E-state index contributed by atoms with van der Waals surface area (Å²) in [6.45, 7) is 12.3. The van der Waals surface area contributed by atoms with Crippen LogP contribution in [-0.4, -0.2) is 11.7 Å². The third-order valence-corrected chi connectivity index (χ3v) is 4.33. The molecule has 0 bridgehead atoms. The molecule has 2 unspecified atom stereocenters. The minimum absolute atomic E-state index is 0.510. The summed E-state index contributed by atoms with van der Waals surface area (Å²) in [5.41, 5.74) is 3.35. The Morgan fingerprint density at radius 3 is 1.81 bits per heavy atom. The molecule has 0 saturated carbocycles. The minimum atomic E-state index is 0.510. The first-order valence-electron chi connectivity index (χ1n) is 8.43. The van der Waals surface area contributed by atoms with Gasteiger partial charge in [-0.3, -0.25) is 0 Å². The maximum atomic E-state index is 10.6. The summed E-state index contributed by atoms with van der Waals surface area (Å²) in [7, 11) is 0. The third kappa shape index (κ3) is 5.70. The number of ether oxygens (including phenoxy) is 1. The van der Waals surface area contributed by atoms with E-state index in [4.69, 9.17) is 4.74 Å². The van der Waals surface area contributed by atoms with E-state index in [-0.39, 0.29) is 0 Å². The fraction of sp³-hybridized carbons (Fsp3) is 0.684. The van der Waals surface area contributed by atoms with Gasteiger partial charge in [0, 0.05) is 6.61 Å². The lowest BCUT2D eigenvalue weighted by Gasteiger charge is -2.17. The standard InChI is InChI=1S/C19H32O2/c1-6-14(4)9-17-11-16(13-21-8-3)12-18(19(17)20)10-15(5)7-2/h11-12,14-15,20H,6-10,13H2,1-5H3. The van der Waals surface area contributed by atoms with Gasteiger partial charge in [-0.05, 0) is 60.4 Å². The Morgan fingerprint density at radius 2 is 1.43 bits per heavy atom. The van der Waals surface area contributed by atoms with Crippen LogP contribution in [-0.2, 0) is 24.2 Å². The third-order valence-electron chi connectivity index (χ3n) is 4.33. The van der Waals surface area contributed by atoms with Crippen LogP contribution in [0.2, 0.25) is 0 Å². The summed E-state index contributed by atoms with van der Waals surface area (Å²) in [5, 5.41) is 10.6. The SMILES string of the molecule is CCOCc1cc(CC(C)CC)c(O)c(CC(C)CC)c1. The second-order valence-electron chi connectivity index (χ2n) is 6.33. The Balaban J connectivity index is 3.05. The zero-order chi connectivity index (χ0) is 15.8. The maximum absolute atomic E-state index is 10.6. The molecule has 120 valence electrons. The number of aromatic hydroxyl groups is 1. The van der Waals surface area contributed by atoms with Crippen LogP contribution < -0.4 is 0 Å². The van der Waals surface area contributed by atoms with Crippen molar-refractivity contribution in [2.24, 2.45) is 11.8 Å². The van der Waals surface area contributed by atoms with Crippen molar-refractivity contribution >= 4 is 0 Å². The zero-order valence-electron chi connectivity index (χ0n) is 14.4. The number of benzene rings is 1. The van der Waals surface area contributed by atoms with Crippen molar-refractivity contribution in [2.75, 3.05) is 6.61 Å². The molecule has 0 heterocycles. The molecule has 1 rings (SSSR count). The van der Waals surface area contributed by atoms with Crippen molar-refractivity contribution in [1.29, 1.82) is 0 Å². The molecule has 0 saturated heterocycles. The molecule has 1 N–H and O–H groups in total. The number of phenolic OH excluding ortho intramolecular Hbond substituents is 1. The van der Waals surface area contributed by atoms with Crippen LogP contribution in [0.4, 0.5) is 0 Å². The molecule has 0 amide bonds. The number of rotatable bonds is 9. The zero-order valence-corrected chi connectivity index (χ0v) is 14.4. The molecule has 2 heteroatoms. The lowest BCUT2D eigenvalue weighted by molar-refractivity contribution is 0.134. The molecular formula is C19H32O2. The second-order valence-corrected chi connectivity index (χ2v) is 6.33. The lowest BCUT2D eigenvalue weighted by Crippen LogP contribution is -2.05. The maximum Gasteiger partial charge on any atom is 0.121 e. The van der Waals surface area contributed by atoms with E-state index in [0.29, 0.717) is 24.2 Å². The summed E-state index contributed by atoms with van der Waals surface area (Å²) >= 11 is 0. The van der Waals surface area contributed by atoms with E-state index in [1.165, 1.54) is 5.56 Å². The van der Waals surface area contributed by atoms with Crippen LogP contribution in [0.1, 0.15) is 64.2 Å². The molecule has 1 aromatic rings. The van der Waals surface area contributed by atoms with E-state index in [1.54, 1.807) is 0 Å². The van der Waals surface area contributed by atoms with Crippen molar-refractivity contribution in [3.8, 4) is 5.75 Å². The molecule has 0 fully saturated rings. The van der Waals surface area contributed by atoms with Gasteiger partial charge >= 0.3 is 0 Å². The summed E-state index contributed by atoms with van der Waals surface area (Å²) in [4.78, 5) is 0. The van der Waals surface area contributed by atoms with Gasteiger partial charge in [0.2, 0.25) is 0 Å². The number of phenols is 1. The summed E-state index contributed by atoms with van der Waals surface area (Å²) in [6, 6.07) is 4.24. The predicted molar refractivity (Wildman–Crippen MR) is 89.8 cm³/mol. The van der Waals surface area contributed by atoms with Gasteiger partial charge in [-0.15, -0.1) is 0 Å². The van der Waals surface area contributed by atoms with Crippen molar-refractivity contribution in [3.05, 3.63) is 28.8 Å². The van der Waals surface area contributed by atoms with Gasteiger partial charge in [-0.2, -0.15) is 0 Å². The Labute approximate surface area is 130 Å². The van der Waals surface area contributed by atoms with Crippen LogP contribution >= 0.6 is 0 Å². The molecule has 1 aromatic carbocycles. The topological polar surface area (TPSA) is 29.5 Å². The van der Waals surface area contributed by atoms with Crippen LogP contribution in [0.25, 0.3) is 0 Å². The monoisotopic (exact) mass is 292 g/mol. The average Bonchev–Trinajstić information content (AvgIpc) is 2.48. The molecule has 0 radical (unpaired) electrons. The van der Waals surface area contributed by atoms with E-state index in [1.807, 2.05) is 6.92 Å². The highest BCUT2D eigenvalue weighted by Gasteiger charge is 2.14. The first-order valence-corrected chi connectivity index (χ1v) is 8.43. The molecule has 0 aliphatic heterocycles. The highest BCUT2D eigenvalue weighted by Crippen LogP contribution is 2.30. The Kier molecular flexibility index (Phi) is 7.81. The summed E-state index contributed by atoms with van der Waals surface area (Å²) in [6.07, 6.45) is 4.15. The normalized spacial score (nSPS) is 14.1. The van der Waals surface area contributed by atoms with E-state index in [0.717, 1.165) is 43.4 Å². The second kappa shape index (κ2) is 9.09. The quantitative estimate of drug-likeness (QED) is 0.685. The highest BCUT2D eigenvalue weighted by molar-refractivity contribution is 5.44. The Hall–Kier alpha value is -1.02. The van der Waals surface area contributed by atoms with Gasteiger partial charge < -0.3 is 9.84 Å². The van der Waals surface area contributed by atoms with Gasteiger partial charge in [0.15, 0.2) is 0 Å². The van der Waals surface area contributed by atoms with Crippen molar-refractivity contribution in [2.45, 2.75) is 66.9 Å². The Morgan fingerprint density at radius 1 is 0.952 bits per heavy atom. The fourth-order valence-corrected chi connectivity index (χ4v) is 2.49. The highest BCUT2D eigenvalue weighted by atomic mass is 16.5. The van der Waals surface area contributed by atoms with Crippen molar-refractivity contribution < 1.29 is 9.84 Å². The number of hydrogen-bond donors (Lipinski definition) is 1. The first kappa shape index (κ1) is 18.0. The van der Waals surface area contributed by atoms with Crippen LogP contribution in [0.15, 0.2) is 12.1 Å². The average molecular weight is 292 g/mol. The van der Waals surface area contributed by atoms with Gasteiger partial charge in [0.1, 0.15) is 5.75 Å². The van der Waals surface area contributed by atoms with Crippen molar-refractivity contribution in [3.63, 3.8) is 0 Å². The van der Waals surface area contributed by atoms with Crippen molar-refractivity contribution in [1.82, 2.24) is 0 Å². The van der Waals surface area contributed by atoms with Gasteiger partial charge in [0.25, 0.3) is 0 Å². The minimum Gasteiger partial charge on any atom is -0.507 e. The van der Waals surface area contributed by atoms with E-state index >= 15 is 0 Å². The van der Waals surface area contributed by atoms with Gasteiger partial charge in [-0.1, -0.05) is 40.5 Å². The van der Waals surface area contributed by atoms with Gasteiger partial charge in [0.05, 0.1) is 6.61 Å². The molecule has 0 aromatic heterocycles. The molecule has 0 spiro atoms. The smallest absolute Gasteiger partial charge is 0.121 e. The Bertz CT molecular complexity index is 393. The van der Waals surface area contributed by atoms with Gasteiger partial charge in [-0.25, -0.2) is 0 Å². The summed E-state index contributed by atoms with van der Waals surface area (Å²) in [5.74, 6) is 1.69. The number of hydrogen-bond acceptors (Lipinski definition) is 2. The fourth-order valence-electron chi connectivity index (χ4n) is 2.49. The molecular weight excluding hydrogens is 260 g/mol. The molecule has 0 aliphatic carbocycles. The first-order chi connectivity index (χ1) is 10.0. The molecule has 2 nitrogen and oxygen atoms in total. The van der Waals surface area contributed by atoms with E-state index < -0.39 is 0 Å². The largest absolute Gasteiger partial charge is 0.507 e. The molecule has 0 aliphatic rings.